The first-order chi connectivity index (χ1) is 12.6. The zero-order chi connectivity index (χ0) is 18.1. The molecule has 1 aromatic carbocycles. The standard InChI is InChI=1S/C20H27N5O/c1-14(2)18(24-8-10-26-11-9-24)13-21-20-16-6-4-5-7-17(16)25-19(22-20)12-15(3)23-25/h4-7,12,14,18H,8-11,13H2,1-3H3,(H,21,22). The lowest BCUT2D eigenvalue weighted by Gasteiger charge is -2.37. The molecule has 0 amide bonds. The topological polar surface area (TPSA) is 54.7 Å². The van der Waals surface area contributed by atoms with Gasteiger partial charge in [0.2, 0.25) is 0 Å². The summed E-state index contributed by atoms with van der Waals surface area (Å²) in [7, 11) is 0. The molecular weight excluding hydrogens is 326 g/mol. The number of fused-ring (bicyclic) bond motifs is 3. The average molecular weight is 353 g/mol. The summed E-state index contributed by atoms with van der Waals surface area (Å²) in [5, 5.41) is 9.32. The number of hydrogen-bond acceptors (Lipinski definition) is 5. The molecule has 6 nitrogen and oxygen atoms in total. The lowest BCUT2D eigenvalue weighted by molar-refractivity contribution is 0.00954. The van der Waals surface area contributed by atoms with Gasteiger partial charge in [0.15, 0.2) is 5.65 Å². The normalized spacial score (nSPS) is 17.2. The number of aryl methyl sites for hydroxylation is 1. The molecule has 0 bridgehead atoms. The lowest BCUT2D eigenvalue weighted by atomic mass is 10.0. The molecule has 1 aliphatic rings. The highest BCUT2D eigenvalue weighted by Crippen LogP contribution is 2.24. The van der Waals surface area contributed by atoms with Crippen LogP contribution in [-0.2, 0) is 4.74 Å². The third-order valence-corrected chi connectivity index (χ3v) is 5.19. The fourth-order valence-electron chi connectivity index (χ4n) is 3.81. The van der Waals surface area contributed by atoms with Crippen LogP contribution in [0.5, 0.6) is 0 Å². The van der Waals surface area contributed by atoms with Gasteiger partial charge in [-0.15, -0.1) is 0 Å². The first kappa shape index (κ1) is 17.2. The van der Waals surface area contributed by atoms with Crippen molar-refractivity contribution >= 4 is 22.4 Å². The fraction of sp³-hybridized carbons (Fsp3) is 0.500. The number of aromatic nitrogens is 3. The molecule has 26 heavy (non-hydrogen) atoms. The van der Waals surface area contributed by atoms with Crippen LogP contribution in [0.1, 0.15) is 19.5 Å². The second kappa shape index (κ2) is 7.21. The Labute approximate surface area is 154 Å². The molecule has 3 aromatic rings. The van der Waals surface area contributed by atoms with Gasteiger partial charge in [-0.3, -0.25) is 4.90 Å². The van der Waals surface area contributed by atoms with Gasteiger partial charge in [0.1, 0.15) is 5.82 Å². The fourth-order valence-corrected chi connectivity index (χ4v) is 3.81. The maximum Gasteiger partial charge on any atom is 0.158 e. The second-order valence-electron chi connectivity index (χ2n) is 7.37. The minimum atomic E-state index is 0.460. The van der Waals surface area contributed by atoms with Crippen LogP contribution in [0.2, 0.25) is 0 Å². The molecule has 2 aromatic heterocycles. The van der Waals surface area contributed by atoms with E-state index in [2.05, 4.69) is 47.4 Å². The van der Waals surface area contributed by atoms with Crippen LogP contribution in [0, 0.1) is 12.8 Å². The number of ether oxygens (including phenoxy) is 1. The Morgan fingerprint density at radius 1 is 1.19 bits per heavy atom. The molecule has 1 unspecified atom stereocenters. The Morgan fingerprint density at radius 2 is 1.96 bits per heavy atom. The molecule has 0 spiro atoms. The van der Waals surface area contributed by atoms with Crippen molar-refractivity contribution in [2.24, 2.45) is 5.92 Å². The number of benzene rings is 1. The van der Waals surface area contributed by atoms with E-state index in [9.17, 15) is 0 Å². The van der Waals surface area contributed by atoms with E-state index in [4.69, 9.17) is 9.72 Å². The SMILES string of the molecule is Cc1cc2nc(NCC(C(C)C)N3CCOCC3)c3ccccc3n2n1. The Balaban J connectivity index is 1.64. The van der Waals surface area contributed by atoms with Crippen LogP contribution in [0.3, 0.4) is 0 Å². The predicted octanol–water partition coefficient (Wildman–Crippen LogP) is 2.96. The summed E-state index contributed by atoms with van der Waals surface area (Å²) in [6, 6.07) is 10.8. The highest BCUT2D eigenvalue weighted by Gasteiger charge is 2.24. The van der Waals surface area contributed by atoms with Gasteiger partial charge in [-0.05, 0) is 25.0 Å². The predicted molar refractivity (Wildman–Crippen MR) is 105 cm³/mol. The molecule has 0 radical (unpaired) electrons. The van der Waals surface area contributed by atoms with E-state index in [1.807, 2.05) is 23.6 Å². The van der Waals surface area contributed by atoms with Crippen molar-refractivity contribution in [2.45, 2.75) is 26.8 Å². The summed E-state index contributed by atoms with van der Waals surface area (Å²) in [5.74, 6) is 1.50. The zero-order valence-corrected chi connectivity index (χ0v) is 15.8. The lowest BCUT2D eigenvalue weighted by Crippen LogP contribution is -2.49. The second-order valence-corrected chi connectivity index (χ2v) is 7.37. The van der Waals surface area contributed by atoms with Gasteiger partial charge in [-0.25, -0.2) is 9.50 Å². The first-order valence-electron chi connectivity index (χ1n) is 9.44. The van der Waals surface area contributed by atoms with E-state index in [0.29, 0.717) is 12.0 Å². The maximum absolute atomic E-state index is 5.52. The minimum absolute atomic E-state index is 0.460. The molecule has 1 aliphatic heterocycles. The molecule has 0 aliphatic carbocycles. The average Bonchev–Trinajstić information content (AvgIpc) is 3.03. The Kier molecular flexibility index (Phi) is 4.78. The molecule has 1 atom stereocenters. The Hall–Kier alpha value is -2.18. The molecular formula is C20H27N5O. The number of nitrogens with one attached hydrogen (secondary N) is 1. The third kappa shape index (κ3) is 3.27. The summed E-state index contributed by atoms with van der Waals surface area (Å²) >= 11 is 0. The van der Waals surface area contributed by atoms with Crippen molar-refractivity contribution in [2.75, 3.05) is 38.2 Å². The summed E-state index contributed by atoms with van der Waals surface area (Å²) in [6.45, 7) is 11.1. The molecule has 1 N–H and O–H groups in total. The van der Waals surface area contributed by atoms with Crippen LogP contribution in [0.4, 0.5) is 5.82 Å². The molecule has 6 heteroatoms. The van der Waals surface area contributed by atoms with E-state index in [1.165, 1.54) is 0 Å². The number of nitrogens with zero attached hydrogens (tertiary/aromatic N) is 4. The van der Waals surface area contributed by atoms with Gasteiger partial charge in [-0.1, -0.05) is 26.0 Å². The van der Waals surface area contributed by atoms with Crippen LogP contribution < -0.4 is 5.32 Å². The Bertz CT molecular complexity index is 898. The van der Waals surface area contributed by atoms with Gasteiger partial charge in [0.05, 0.1) is 24.4 Å². The van der Waals surface area contributed by atoms with Crippen molar-refractivity contribution < 1.29 is 4.74 Å². The highest BCUT2D eigenvalue weighted by molar-refractivity contribution is 5.91. The van der Waals surface area contributed by atoms with Crippen LogP contribution >= 0.6 is 0 Å². The van der Waals surface area contributed by atoms with Gasteiger partial charge in [0.25, 0.3) is 0 Å². The van der Waals surface area contributed by atoms with Crippen molar-refractivity contribution in [3.05, 3.63) is 36.0 Å². The van der Waals surface area contributed by atoms with Gasteiger partial charge < -0.3 is 10.1 Å². The monoisotopic (exact) mass is 353 g/mol. The van der Waals surface area contributed by atoms with Crippen LogP contribution in [0.25, 0.3) is 16.6 Å². The maximum atomic E-state index is 5.52. The number of rotatable bonds is 5. The number of morpholine rings is 1. The Morgan fingerprint density at radius 3 is 2.73 bits per heavy atom. The molecule has 1 fully saturated rings. The first-order valence-corrected chi connectivity index (χ1v) is 9.44. The summed E-state index contributed by atoms with van der Waals surface area (Å²) in [6.07, 6.45) is 0. The number of anilines is 1. The number of para-hydroxylation sites is 1. The minimum Gasteiger partial charge on any atom is -0.379 e. The van der Waals surface area contributed by atoms with Gasteiger partial charge >= 0.3 is 0 Å². The summed E-state index contributed by atoms with van der Waals surface area (Å²) < 4.78 is 7.44. The van der Waals surface area contributed by atoms with Crippen LogP contribution in [-0.4, -0.2) is 58.4 Å². The van der Waals surface area contributed by atoms with E-state index in [-0.39, 0.29) is 0 Å². The quantitative estimate of drug-likeness (QED) is 0.764. The smallest absolute Gasteiger partial charge is 0.158 e. The summed E-state index contributed by atoms with van der Waals surface area (Å²) in [5.41, 5.74) is 2.95. The molecule has 138 valence electrons. The zero-order valence-electron chi connectivity index (χ0n) is 15.8. The van der Waals surface area contributed by atoms with Gasteiger partial charge in [-0.2, -0.15) is 5.10 Å². The molecule has 0 saturated carbocycles. The molecule has 4 rings (SSSR count). The van der Waals surface area contributed by atoms with Crippen molar-refractivity contribution in [1.29, 1.82) is 0 Å². The van der Waals surface area contributed by atoms with Crippen molar-refractivity contribution in [3.8, 4) is 0 Å². The summed E-state index contributed by atoms with van der Waals surface area (Å²) in [4.78, 5) is 7.38. The van der Waals surface area contributed by atoms with E-state index in [1.54, 1.807) is 0 Å². The van der Waals surface area contributed by atoms with Crippen molar-refractivity contribution in [1.82, 2.24) is 19.5 Å². The number of hydrogen-bond donors (Lipinski definition) is 1. The molecule has 1 saturated heterocycles. The van der Waals surface area contributed by atoms with Gasteiger partial charge in [0, 0.05) is 37.1 Å². The van der Waals surface area contributed by atoms with Crippen molar-refractivity contribution in [3.63, 3.8) is 0 Å². The van der Waals surface area contributed by atoms with Crippen LogP contribution in [0.15, 0.2) is 30.3 Å². The highest BCUT2D eigenvalue weighted by atomic mass is 16.5. The third-order valence-electron chi connectivity index (χ3n) is 5.19. The largest absolute Gasteiger partial charge is 0.379 e. The van der Waals surface area contributed by atoms with E-state index in [0.717, 1.165) is 60.9 Å². The van der Waals surface area contributed by atoms with E-state index < -0.39 is 0 Å². The molecule has 3 heterocycles. The van der Waals surface area contributed by atoms with E-state index >= 15 is 0 Å².